The zero-order valence-corrected chi connectivity index (χ0v) is 10.3. The van der Waals surface area contributed by atoms with Gasteiger partial charge < -0.3 is 5.32 Å². The maximum atomic E-state index is 13.3. The van der Waals surface area contributed by atoms with E-state index < -0.39 is 0 Å². The van der Waals surface area contributed by atoms with Gasteiger partial charge in [-0.2, -0.15) is 0 Å². The third-order valence-electron chi connectivity index (χ3n) is 3.47. The first kappa shape index (κ1) is 11.6. The highest BCUT2D eigenvalue weighted by Crippen LogP contribution is 2.44. The first-order chi connectivity index (χ1) is 7.54. The molecular formula is C14H20FN. The highest BCUT2D eigenvalue weighted by Gasteiger charge is 2.36. The lowest BCUT2D eigenvalue weighted by molar-refractivity contribution is 0.427. The molecule has 0 bridgehead atoms. The van der Waals surface area contributed by atoms with E-state index in [2.05, 4.69) is 26.1 Å². The van der Waals surface area contributed by atoms with Crippen LogP contribution in [0.3, 0.4) is 0 Å². The lowest BCUT2D eigenvalue weighted by atomic mass is 9.86. The molecule has 0 heterocycles. The molecule has 0 saturated heterocycles. The second kappa shape index (κ2) is 4.17. The van der Waals surface area contributed by atoms with E-state index in [1.54, 1.807) is 12.1 Å². The summed E-state index contributed by atoms with van der Waals surface area (Å²) in [6.45, 7) is 7.62. The molecule has 0 aromatic heterocycles. The normalized spacial score (nSPS) is 22.1. The molecule has 88 valence electrons. The highest BCUT2D eigenvalue weighted by atomic mass is 19.1. The average molecular weight is 221 g/mol. The van der Waals surface area contributed by atoms with Crippen LogP contribution in [-0.4, -0.2) is 6.54 Å². The van der Waals surface area contributed by atoms with Gasteiger partial charge in [0, 0.05) is 6.04 Å². The Morgan fingerprint density at radius 3 is 2.88 bits per heavy atom. The number of hydrogen-bond acceptors (Lipinski definition) is 1. The fraction of sp³-hybridized carbons (Fsp3) is 0.571. The Hall–Kier alpha value is -0.890. The maximum absolute atomic E-state index is 13.3. The SMILES string of the molecule is CCCNC1CC(C)(C)c2ccc(F)cc21. The third-order valence-corrected chi connectivity index (χ3v) is 3.47. The van der Waals surface area contributed by atoms with Crippen molar-refractivity contribution in [3.63, 3.8) is 0 Å². The maximum Gasteiger partial charge on any atom is 0.123 e. The lowest BCUT2D eigenvalue weighted by Gasteiger charge is -2.19. The second-order valence-corrected chi connectivity index (χ2v) is 5.33. The summed E-state index contributed by atoms with van der Waals surface area (Å²) in [5, 5.41) is 3.50. The number of halogens is 1. The van der Waals surface area contributed by atoms with Crippen LogP contribution in [0.1, 0.15) is 50.8 Å². The van der Waals surface area contributed by atoms with Gasteiger partial charge in [0.05, 0.1) is 0 Å². The molecule has 1 aromatic carbocycles. The van der Waals surface area contributed by atoms with Crippen LogP contribution in [0.25, 0.3) is 0 Å². The Labute approximate surface area is 97.1 Å². The van der Waals surface area contributed by atoms with Gasteiger partial charge in [0.15, 0.2) is 0 Å². The minimum Gasteiger partial charge on any atom is -0.310 e. The minimum atomic E-state index is -0.125. The van der Waals surface area contributed by atoms with Crippen molar-refractivity contribution < 1.29 is 4.39 Å². The Morgan fingerprint density at radius 1 is 1.44 bits per heavy atom. The summed E-state index contributed by atoms with van der Waals surface area (Å²) in [6, 6.07) is 5.53. The number of fused-ring (bicyclic) bond motifs is 1. The fourth-order valence-corrected chi connectivity index (χ4v) is 2.67. The van der Waals surface area contributed by atoms with E-state index in [9.17, 15) is 4.39 Å². The number of hydrogen-bond donors (Lipinski definition) is 1. The van der Waals surface area contributed by atoms with Gasteiger partial charge in [-0.1, -0.05) is 26.8 Å². The van der Waals surface area contributed by atoms with Gasteiger partial charge in [-0.15, -0.1) is 0 Å². The molecule has 1 atom stereocenters. The zero-order valence-electron chi connectivity index (χ0n) is 10.3. The summed E-state index contributed by atoms with van der Waals surface area (Å²) >= 11 is 0. The highest BCUT2D eigenvalue weighted by molar-refractivity contribution is 5.41. The molecule has 1 N–H and O–H groups in total. The average Bonchev–Trinajstić information content (AvgIpc) is 2.47. The fourth-order valence-electron chi connectivity index (χ4n) is 2.67. The summed E-state index contributed by atoms with van der Waals surface area (Å²) in [6.07, 6.45) is 2.17. The zero-order chi connectivity index (χ0) is 11.8. The summed E-state index contributed by atoms with van der Waals surface area (Å²) in [5.74, 6) is -0.125. The van der Waals surface area contributed by atoms with E-state index in [1.807, 2.05) is 6.07 Å². The van der Waals surface area contributed by atoms with Gasteiger partial charge in [-0.05, 0) is 48.1 Å². The standard InChI is InChI=1S/C14H20FN/c1-4-7-16-13-9-14(2,3)12-6-5-10(15)8-11(12)13/h5-6,8,13,16H,4,7,9H2,1-3H3. The second-order valence-electron chi connectivity index (χ2n) is 5.33. The third kappa shape index (κ3) is 1.99. The molecule has 0 fully saturated rings. The molecule has 1 aliphatic rings. The number of benzene rings is 1. The van der Waals surface area contributed by atoms with Crippen molar-refractivity contribution >= 4 is 0 Å². The molecule has 16 heavy (non-hydrogen) atoms. The van der Waals surface area contributed by atoms with E-state index in [0.717, 1.165) is 24.9 Å². The van der Waals surface area contributed by atoms with Crippen LogP contribution in [0.5, 0.6) is 0 Å². The summed E-state index contributed by atoms with van der Waals surface area (Å²) < 4.78 is 13.3. The number of nitrogens with one attached hydrogen (secondary N) is 1. The van der Waals surface area contributed by atoms with Crippen molar-refractivity contribution in [2.45, 2.75) is 45.1 Å². The topological polar surface area (TPSA) is 12.0 Å². The monoisotopic (exact) mass is 221 g/mol. The Morgan fingerprint density at radius 2 is 2.19 bits per heavy atom. The van der Waals surface area contributed by atoms with Crippen LogP contribution in [0.4, 0.5) is 4.39 Å². The molecule has 0 spiro atoms. The van der Waals surface area contributed by atoms with Crippen LogP contribution in [-0.2, 0) is 5.41 Å². The van der Waals surface area contributed by atoms with Gasteiger partial charge in [0.2, 0.25) is 0 Å². The van der Waals surface area contributed by atoms with Crippen molar-refractivity contribution in [1.29, 1.82) is 0 Å². The molecule has 0 amide bonds. The van der Waals surface area contributed by atoms with Crippen molar-refractivity contribution in [2.75, 3.05) is 6.54 Å². The van der Waals surface area contributed by atoms with Crippen LogP contribution in [0.15, 0.2) is 18.2 Å². The lowest BCUT2D eigenvalue weighted by Crippen LogP contribution is -2.22. The van der Waals surface area contributed by atoms with Gasteiger partial charge in [0.25, 0.3) is 0 Å². The summed E-state index contributed by atoms with van der Waals surface area (Å²) in [4.78, 5) is 0. The first-order valence-corrected chi connectivity index (χ1v) is 6.08. The first-order valence-electron chi connectivity index (χ1n) is 6.08. The smallest absolute Gasteiger partial charge is 0.123 e. The molecule has 1 aromatic rings. The van der Waals surface area contributed by atoms with Gasteiger partial charge >= 0.3 is 0 Å². The molecule has 1 unspecified atom stereocenters. The molecule has 0 saturated carbocycles. The van der Waals surface area contributed by atoms with E-state index in [-0.39, 0.29) is 11.2 Å². The van der Waals surface area contributed by atoms with Crippen molar-refractivity contribution in [3.05, 3.63) is 35.1 Å². The van der Waals surface area contributed by atoms with E-state index in [4.69, 9.17) is 0 Å². The van der Waals surface area contributed by atoms with Gasteiger partial charge in [-0.3, -0.25) is 0 Å². The molecule has 1 nitrogen and oxygen atoms in total. The van der Waals surface area contributed by atoms with Crippen LogP contribution >= 0.6 is 0 Å². The largest absolute Gasteiger partial charge is 0.310 e. The minimum absolute atomic E-state index is 0.125. The van der Waals surface area contributed by atoms with Crippen molar-refractivity contribution in [2.24, 2.45) is 0 Å². The Kier molecular flexibility index (Phi) is 3.02. The van der Waals surface area contributed by atoms with Gasteiger partial charge in [0.1, 0.15) is 5.82 Å². The predicted octanol–water partition coefficient (Wildman–Crippen LogP) is 3.55. The van der Waals surface area contributed by atoms with Crippen LogP contribution in [0.2, 0.25) is 0 Å². The van der Waals surface area contributed by atoms with E-state index in [0.29, 0.717) is 6.04 Å². The van der Waals surface area contributed by atoms with Crippen molar-refractivity contribution in [3.8, 4) is 0 Å². The molecular weight excluding hydrogens is 201 g/mol. The van der Waals surface area contributed by atoms with Gasteiger partial charge in [-0.25, -0.2) is 4.39 Å². The van der Waals surface area contributed by atoms with Crippen LogP contribution < -0.4 is 5.32 Å². The number of rotatable bonds is 3. The van der Waals surface area contributed by atoms with E-state index >= 15 is 0 Å². The molecule has 0 radical (unpaired) electrons. The van der Waals surface area contributed by atoms with Crippen LogP contribution in [0, 0.1) is 5.82 Å². The molecule has 0 aliphatic heterocycles. The Balaban J connectivity index is 2.32. The predicted molar refractivity (Wildman–Crippen MR) is 65.1 cm³/mol. The summed E-state index contributed by atoms with van der Waals surface area (Å²) in [7, 11) is 0. The summed E-state index contributed by atoms with van der Waals surface area (Å²) in [5.41, 5.74) is 2.61. The molecule has 2 rings (SSSR count). The van der Waals surface area contributed by atoms with E-state index in [1.165, 1.54) is 5.56 Å². The molecule has 2 heteroatoms. The molecule has 1 aliphatic carbocycles. The quantitative estimate of drug-likeness (QED) is 0.823. The van der Waals surface area contributed by atoms with Crippen molar-refractivity contribution in [1.82, 2.24) is 5.32 Å². The Bertz CT molecular complexity index is 384.